The quantitative estimate of drug-likeness (QED) is 0.462. The summed E-state index contributed by atoms with van der Waals surface area (Å²) in [6.45, 7) is 0. The van der Waals surface area contributed by atoms with Crippen molar-refractivity contribution in [3.05, 3.63) is 34.9 Å². The molecule has 6 nitrogen and oxygen atoms in total. The van der Waals surface area contributed by atoms with Crippen LogP contribution in [0.5, 0.6) is 5.75 Å². The molecule has 1 aromatic rings. The molecule has 6 heteroatoms. The average Bonchev–Trinajstić information content (AvgIpc) is 3.10. The van der Waals surface area contributed by atoms with Gasteiger partial charge in [-0.05, 0) is 53.9 Å². The molecule has 136 valence electrons. The van der Waals surface area contributed by atoms with Gasteiger partial charge in [0.15, 0.2) is 0 Å². The van der Waals surface area contributed by atoms with Crippen LogP contribution in [0.15, 0.2) is 18.2 Å². The Kier molecular flexibility index (Phi) is 3.27. The summed E-state index contributed by atoms with van der Waals surface area (Å²) in [6.07, 6.45) is 4.07. The number of hydrogen-bond donors (Lipinski definition) is 0. The molecule has 5 aliphatic rings. The van der Waals surface area contributed by atoms with Crippen LogP contribution >= 0.6 is 0 Å². The number of nitrogens with zero attached hydrogens (tertiary/aromatic N) is 2. The van der Waals surface area contributed by atoms with Crippen LogP contribution in [0.1, 0.15) is 48.8 Å². The van der Waals surface area contributed by atoms with Gasteiger partial charge in [0, 0.05) is 19.4 Å². The van der Waals surface area contributed by atoms with Gasteiger partial charge in [-0.25, -0.2) is 0 Å². The van der Waals surface area contributed by atoms with Gasteiger partial charge in [-0.1, -0.05) is 6.07 Å². The van der Waals surface area contributed by atoms with E-state index in [0.29, 0.717) is 6.42 Å². The Morgan fingerprint density at radius 1 is 1.38 bits per heavy atom. The first-order valence-corrected chi connectivity index (χ1v) is 9.17. The van der Waals surface area contributed by atoms with Crippen LogP contribution in [0.25, 0.3) is 5.53 Å². The molecule has 0 radical (unpaired) electrons. The van der Waals surface area contributed by atoms with Gasteiger partial charge in [-0.15, -0.1) is 0 Å². The number of rotatable bonds is 5. The predicted octanol–water partition coefficient (Wildman–Crippen LogP) is 2.68. The lowest BCUT2D eigenvalue weighted by Crippen LogP contribution is -2.61. The second-order valence-corrected chi connectivity index (χ2v) is 8.16. The van der Waals surface area contributed by atoms with Crippen LogP contribution in [-0.2, 0) is 14.3 Å². The topological polar surface area (TPSA) is 81.2 Å². The number of Topliss-reactive ketones (excluding diaryl/α,β-unsaturated/α-hetero) is 1. The molecular weight excluding hydrogens is 332 g/mol. The van der Waals surface area contributed by atoms with Crippen molar-refractivity contribution in [3.63, 3.8) is 0 Å². The molecule has 4 aliphatic carbocycles. The van der Waals surface area contributed by atoms with E-state index in [9.17, 15) is 4.79 Å². The lowest BCUT2D eigenvalue weighted by atomic mass is 9.47. The largest absolute Gasteiger partial charge is 0.497 e. The van der Waals surface area contributed by atoms with Crippen LogP contribution in [0, 0.1) is 11.3 Å². The van der Waals surface area contributed by atoms with Crippen molar-refractivity contribution < 1.29 is 23.8 Å². The summed E-state index contributed by atoms with van der Waals surface area (Å²) in [6, 6.07) is 6.19. The Balaban J connectivity index is 1.68. The number of ketones is 1. The molecule has 1 saturated heterocycles. The van der Waals surface area contributed by atoms with Gasteiger partial charge in [0.05, 0.1) is 19.3 Å². The number of carbonyl (C=O) groups is 1. The number of ether oxygens (including phenoxy) is 3. The fraction of sp³-hybridized carbons (Fsp3) is 0.600. The zero-order chi connectivity index (χ0) is 18.1. The molecule has 3 saturated carbocycles. The van der Waals surface area contributed by atoms with Gasteiger partial charge in [0.2, 0.25) is 5.78 Å². The highest BCUT2D eigenvalue weighted by atomic mass is 16.6. The molecule has 1 aliphatic heterocycles. The van der Waals surface area contributed by atoms with Gasteiger partial charge in [0.1, 0.15) is 11.4 Å². The van der Waals surface area contributed by atoms with E-state index >= 15 is 0 Å². The maximum atomic E-state index is 12.4. The monoisotopic (exact) mass is 354 g/mol. The van der Waals surface area contributed by atoms with Crippen molar-refractivity contribution in [3.8, 4) is 5.75 Å². The second kappa shape index (κ2) is 5.26. The smallest absolute Gasteiger partial charge is 0.323 e. The van der Waals surface area contributed by atoms with Gasteiger partial charge in [-0.2, -0.15) is 4.79 Å². The normalized spacial score (nSPS) is 40.8. The first-order chi connectivity index (χ1) is 12.6. The summed E-state index contributed by atoms with van der Waals surface area (Å²) < 4.78 is 18.1. The van der Waals surface area contributed by atoms with E-state index in [4.69, 9.17) is 19.7 Å². The fourth-order valence-electron chi connectivity index (χ4n) is 6.53. The van der Waals surface area contributed by atoms with Crippen molar-refractivity contribution in [2.45, 2.75) is 49.4 Å². The highest BCUT2D eigenvalue weighted by Gasteiger charge is 2.74. The molecule has 6 rings (SSSR count). The number of carbonyl (C=O) groups excluding carboxylic acids is 1. The zero-order valence-corrected chi connectivity index (χ0v) is 15.0. The summed E-state index contributed by atoms with van der Waals surface area (Å²) >= 11 is 0. The lowest BCUT2D eigenvalue weighted by Gasteiger charge is -2.59. The molecular formula is C20H22N2O4. The maximum Gasteiger partial charge on any atom is 0.323 e. The predicted molar refractivity (Wildman–Crippen MR) is 92.2 cm³/mol. The van der Waals surface area contributed by atoms with E-state index in [-0.39, 0.29) is 40.8 Å². The van der Waals surface area contributed by atoms with Crippen LogP contribution < -0.4 is 4.74 Å². The van der Waals surface area contributed by atoms with E-state index in [1.807, 2.05) is 6.07 Å². The second-order valence-electron chi connectivity index (χ2n) is 8.16. The fourth-order valence-corrected chi connectivity index (χ4v) is 6.53. The van der Waals surface area contributed by atoms with E-state index in [0.717, 1.165) is 31.2 Å². The summed E-state index contributed by atoms with van der Waals surface area (Å²) in [5.74, 6) is 1.11. The Morgan fingerprint density at radius 2 is 2.23 bits per heavy atom. The van der Waals surface area contributed by atoms with E-state index in [2.05, 4.69) is 16.9 Å². The molecule has 0 unspecified atom stereocenters. The van der Waals surface area contributed by atoms with Crippen molar-refractivity contribution in [2.75, 3.05) is 14.2 Å². The minimum atomic E-state index is -0.266. The van der Waals surface area contributed by atoms with E-state index in [1.165, 1.54) is 11.1 Å². The molecule has 1 aromatic carbocycles. The Bertz CT molecular complexity index is 848. The van der Waals surface area contributed by atoms with Crippen molar-refractivity contribution >= 4 is 12.0 Å². The van der Waals surface area contributed by atoms with Gasteiger partial charge >= 0.3 is 6.21 Å². The highest BCUT2D eigenvalue weighted by molar-refractivity contribution is 6.25. The highest BCUT2D eigenvalue weighted by Crippen LogP contribution is 2.75. The molecule has 4 bridgehead atoms. The van der Waals surface area contributed by atoms with Crippen LogP contribution in [-0.4, -0.2) is 42.7 Å². The standard InChI is InChI=1S/C20H22N2O4/c1-24-12-3-4-13-14(7-12)16-17-18(13)26-15-9-19(16,8-11(23)10-22-21)5-6-20(15,17)25-2/h3-4,7,10,15-18H,5-6,8-9H2,1-2H3/t15-,16-,17-,18+,19+,20-/m1/s1. The third-order valence-electron chi connectivity index (χ3n) is 7.41. The molecule has 0 N–H and O–H groups in total. The van der Waals surface area contributed by atoms with Crippen LogP contribution in [0.2, 0.25) is 0 Å². The van der Waals surface area contributed by atoms with E-state index in [1.54, 1.807) is 14.2 Å². The minimum absolute atomic E-state index is 0.0154. The van der Waals surface area contributed by atoms with Crippen LogP contribution in [0.4, 0.5) is 0 Å². The summed E-state index contributed by atoms with van der Waals surface area (Å²) in [4.78, 5) is 15.3. The van der Waals surface area contributed by atoms with Gasteiger partial charge in [0.25, 0.3) is 0 Å². The molecule has 0 aromatic heterocycles. The SMILES string of the molecule is COc1ccc2c(c1)[C@@H]1[C@@H]3[C@H]2O[C@@H]2C[C@@]1(CC(=O)C=[N+]=[N-])CC[C@]32OC. The van der Waals surface area contributed by atoms with Gasteiger partial charge < -0.3 is 19.7 Å². The lowest BCUT2D eigenvalue weighted by molar-refractivity contribution is -0.183. The number of benzene rings is 1. The van der Waals surface area contributed by atoms with Gasteiger partial charge in [-0.3, -0.25) is 4.79 Å². The van der Waals surface area contributed by atoms with Crippen LogP contribution in [0.3, 0.4) is 0 Å². The minimum Gasteiger partial charge on any atom is -0.497 e. The molecule has 0 amide bonds. The molecule has 0 spiro atoms. The maximum absolute atomic E-state index is 12.4. The first-order valence-electron chi connectivity index (χ1n) is 9.17. The zero-order valence-electron chi connectivity index (χ0n) is 15.0. The Hall–Kier alpha value is -2.01. The molecule has 26 heavy (non-hydrogen) atoms. The molecule has 4 fully saturated rings. The summed E-state index contributed by atoms with van der Waals surface area (Å²) in [5, 5.41) is 0. The molecule has 6 atom stereocenters. The number of methoxy groups -OCH3 is 2. The van der Waals surface area contributed by atoms with Crippen molar-refractivity contribution in [2.24, 2.45) is 11.3 Å². The number of hydrogen-bond acceptors (Lipinski definition) is 4. The Morgan fingerprint density at radius 3 is 2.96 bits per heavy atom. The first kappa shape index (κ1) is 16.2. The number of fused-ring (bicyclic) bond motifs is 3. The third kappa shape index (κ3) is 1.77. The average molecular weight is 354 g/mol. The van der Waals surface area contributed by atoms with Crippen molar-refractivity contribution in [1.82, 2.24) is 0 Å². The summed E-state index contributed by atoms with van der Waals surface area (Å²) in [5.41, 5.74) is 10.8. The third-order valence-corrected chi connectivity index (χ3v) is 7.41. The Labute approximate surface area is 152 Å². The van der Waals surface area contributed by atoms with Crippen molar-refractivity contribution in [1.29, 1.82) is 0 Å². The molecule has 1 heterocycles. The van der Waals surface area contributed by atoms with E-state index < -0.39 is 0 Å². The summed E-state index contributed by atoms with van der Waals surface area (Å²) in [7, 11) is 3.46.